The van der Waals surface area contributed by atoms with Crippen LogP contribution in [0.1, 0.15) is 11.3 Å². The van der Waals surface area contributed by atoms with Gasteiger partial charge in [-0.25, -0.2) is 13.1 Å². The highest BCUT2D eigenvalue weighted by atomic mass is 79.9. The number of aryl methyl sites for hydroxylation is 1. The van der Waals surface area contributed by atoms with E-state index in [2.05, 4.69) is 26.0 Å². The monoisotopic (exact) mass is 324 g/mol. The largest absolute Gasteiger partial charge is 0.315 e. The van der Waals surface area contributed by atoms with E-state index in [1.165, 1.54) is 11.3 Å². The van der Waals surface area contributed by atoms with Crippen molar-refractivity contribution in [2.75, 3.05) is 13.1 Å². The number of halogens is 1. The van der Waals surface area contributed by atoms with Gasteiger partial charge in [0, 0.05) is 17.5 Å². The highest BCUT2D eigenvalue weighted by Crippen LogP contribution is 2.29. The van der Waals surface area contributed by atoms with E-state index in [1.807, 2.05) is 6.92 Å². The van der Waals surface area contributed by atoms with E-state index in [9.17, 15) is 8.42 Å². The molecule has 0 spiro atoms. The first-order valence-electron chi connectivity index (χ1n) is 4.98. The summed E-state index contributed by atoms with van der Waals surface area (Å²) in [7, 11) is -3.36. The Morgan fingerprint density at radius 3 is 2.88 bits per heavy atom. The maximum atomic E-state index is 12.1. The molecule has 1 aliphatic heterocycles. The van der Waals surface area contributed by atoms with Gasteiger partial charge in [-0.05, 0) is 41.9 Å². The van der Waals surface area contributed by atoms with Crippen molar-refractivity contribution in [3.63, 3.8) is 0 Å². The molecule has 0 radical (unpaired) electrons. The second-order valence-electron chi connectivity index (χ2n) is 3.78. The van der Waals surface area contributed by atoms with Gasteiger partial charge in [0.25, 0.3) is 0 Å². The molecule has 2 N–H and O–H groups in total. The minimum atomic E-state index is -3.36. The fourth-order valence-corrected chi connectivity index (χ4v) is 5.42. The van der Waals surface area contributed by atoms with Crippen LogP contribution in [0.15, 0.2) is 14.7 Å². The van der Waals surface area contributed by atoms with Gasteiger partial charge >= 0.3 is 0 Å². The summed E-state index contributed by atoms with van der Waals surface area (Å²) in [5.41, 5.74) is 0. The third-order valence-corrected chi connectivity index (χ3v) is 5.84. The van der Waals surface area contributed by atoms with Gasteiger partial charge in [0.1, 0.15) is 0 Å². The zero-order valence-corrected chi connectivity index (χ0v) is 12.0. The number of thiophene rings is 1. The van der Waals surface area contributed by atoms with E-state index in [4.69, 9.17) is 0 Å². The Bertz CT molecular complexity index is 478. The Morgan fingerprint density at radius 2 is 2.38 bits per heavy atom. The van der Waals surface area contributed by atoms with E-state index >= 15 is 0 Å². The number of rotatable bonds is 3. The van der Waals surface area contributed by atoms with Gasteiger partial charge in [0.2, 0.25) is 10.0 Å². The predicted octanol–water partition coefficient (Wildman–Crippen LogP) is 1.46. The molecule has 7 heteroatoms. The molecule has 0 saturated carbocycles. The zero-order valence-electron chi connectivity index (χ0n) is 8.79. The van der Waals surface area contributed by atoms with Crippen LogP contribution in [-0.2, 0) is 10.0 Å². The summed E-state index contributed by atoms with van der Waals surface area (Å²) in [5, 5.41) is 3.13. The summed E-state index contributed by atoms with van der Waals surface area (Å²) in [6, 6.07) is 1.67. The van der Waals surface area contributed by atoms with Crippen LogP contribution in [0, 0.1) is 6.92 Å². The SMILES string of the molecule is Cc1sc(Br)cc1S(=O)(=O)N[C@@H]1CCNC1. The Balaban J connectivity index is 2.21. The van der Waals surface area contributed by atoms with Crippen molar-refractivity contribution >= 4 is 37.3 Å². The fraction of sp³-hybridized carbons (Fsp3) is 0.556. The molecular weight excluding hydrogens is 312 g/mol. The first-order chi connectivity index (χ1) is 7.49. The van der Waals surface area contributed by atoms with Crippen LogP contribution in [0.2, 0.25) is 0 Å². The maximum absolute atomic E-state index is 12.1. The number of hydrogen-bond acceptors (Lipinski definition) is 4. The van der Waals surface area contributed by atoms with Gasteiger partial charge in [-0.3, -0.25) is 0 Å². The van der Waals surface area contributed by atoms with E-state index < -0.39 is 10.0 Å². The third-order valence-electron chi connectivity index (χ3n) is 2.51. The van der Waals surface area contributed by atoms with Gasteiger partial charge in [-0.15, -0.1) is 11.3 Å². The second-order valence-corrected chi connectivity index (χ2v) is 8.10. The average Bonchev–Trinajstić information content (AvgIpc) is 2.75. The lowest BCUT2D eigenvalue weighted by Crippen LogP contribution is -2.36. The average molecular weight is 325 g/mol. The molecule has 90 valence electrons. The predicted molar refractivity (Wildman–Crippen MR) is 68.4 cm³/mol. The Hall–Kier alpha value is 0.0500. The third kappa shape index (κ3) is 2.65. The van der Waals surface area contributed by atoms with Gasteiger partial charge in [0.15, 0.2) is 0 Å². The summed E-state index contributed by atoms with van der Waals surface area (Å²) in [4.78, 5) is 1.20. The van der Waals surface area contributed by atoms with Gasteiger partial charge in [0.05, 0.1) is 8.68 Å². The minimum absolute atomic E-state index is 0.0167. The molecule has 2 rings (SSSR count). The van der Waals surface area contributed by atoms with E-state index in [-0.39, 0.29) is 6.04 Å². The van der Waals surface area contributed by atoms with Crippen LogP contribution in [0.3, 0.4) is 0 Å². The van der Waals surface area contributed by atoms with Crippen LogP contribution in [0.4, 0.5) is 0 Å². The Kier molecular flexibility index (Phi) is 3.70. The molecule has 1 aromatic rings. The number of hydrogen-bond donors (Lipinski definition) is 2. The van der Waals surface area contributed by atoms with Crippen molar-refractivity contribution in [3.8, 4) is 0 Å². The molecule has 0 unspecified atom stereocenters. The van der Waals surface area contributed by atoms with Crippen LogP contribution in [0.5, 0.6) is 0 Å². The van der Waals surface area contributed by atoms with Crippen molar-refractivity contribution < 1.29 is 8.42 Å². The van der Waals surface area contributed by atoms with Crippen LogP contribution >= 0.6 is 27.3 Å². The molecular formula is C9H13BrN2O2S2. The van der Waals surface area contributed by atoms with Crippen LogP contribution < -0.4 is 10.0 Å². The highest BCUT2D eigenvalue weighted by Gasteiger charge is 2.25. The fourth-order valence-electron chi connectivity index (χ4n) is 1.74. The molecule has 16 heavy (non-hydrogen) atoms. The molecule has 1 saturated heterocycles. The minimum Gasteiger partial charge on any atom is -0.315 e. The highest BCUT2D eigenvalue weighted by molar-refractivity contribution is 9.11. The molecule has 1 aliphatic rings. The first kappa shape index (κ1) is 12.5. The lowest BCUT2D eigenvalue weighted by Gasteiger charge is -2.11. The lowest BCUT2D eigenvalue weighted by atomic mass is 10.3. The zero-order chi connectivity index (χ0) is 11.8. The maximum Gasteiger partial charge on any atom is 0.241 e. The Morgan fingerprint density at radius 1 is 1.62 bits per heavy atom. The van der Waals surface area contributed by atoms with Crippen molar-refractivity contribution in [2.45, 2.75) is 24.3 Å². The van der Waals surface area contributed by atoms with Crippen molar-refractivity contribution in [3.05, 3.63) is 14.7 Å². The molecule has 0 aliphatic carbocycles. The van der Waals surface area contributed by atoms with Gasteiger partial charge < -0.3 is 5.32 Å². The Labute approximate surface area is 108 Å². The molecule has 0 amide bonds. The van der Waals surface area contributed by atoms with E-state index in [0.717, 1.165) is 21.6 Å². The molecule has 1 fully saturated rings. The van der Waals surface area contributed by atoms with Crippen LogP contribution in [0.25, 0.3) is 0 Å². The molecule has 0 aromatic carbocycles. The summed E-state index contributed by atoms with van der Waals surface area (Å²) >= 11 is 4.74. The smallest absolute Gasteiger partial charge is 0.241 e. The van der Waals surface area contributed by atoms with Crippen molar-refractivity contribution in [1.29, 1.82) is 0 Å². The standard InChI is InChI=1S/C9H13BrN2O2S2/c1-6-8(4-9(10)15-6)16(13,14)12-7-2-3-11-5-7/h4,7,11-12H,2-3,5H2,1H3/t7-/m1/s1. The normalized spacial score (nSPS) is 21.5. The summed E-state index contributed by atoms with van der Waals surface area (Å²) in [6.07, 6.45) is 0.851. The molecule has 1 atom stereocenters. The number of sulfonamides is 1. The molecule has 4 nitrogen and oxygen atoms in total. The van der Waals surface area contributed by atoms with E-state index in [0.29, 0.717) is 11.4 Å². The van der Waals surface area contributed by atoms with Crippen molar-refractivity contribution in [1.82, 2.24) is 10.0 Å². The quantitative estimate of drug-likeness (QED) is 0.885. The lowest BCUT2D eigenvalue weighted by molar-refractivity contribution is 0.560. The number of nitrogens with one attached hydrogen (secondary N) is 2. The summed E-state index contributed by atoms with van der Waals surface area (Å²) in [5.74, 6) is 0. The topological polar surface area (TPSA) is 58.2 Å². The summed E-state index contributed by atoms with van der Waals surface area (Å²) in [6.45, 7) is 3.40. The van der Waals surface area contributed by atoms with Gasteiger partial charge in [-0.1, -0.05) is 0 Å². The molecule has 1 aromatic heterocycles. The first-order valence-corrected chi connectivity index (χ1v) is 8.07. The van der Waals surface area contributed by atoms with Crippen molar-refractivity contribution in [2.24, 2.45) is 0 Å². The molecule has 0 bridgehead atoms. The molecule has 2 heterocycles. The summed E-state index contributed by atoms with van der Waals surface area (Å²) < 4.78 is 27.7. The van der Waals surface area contributed by atoms with E-state index in [1.54, 1.807) is 6.07 Å². The van der Waals surface area contributed by atoms with Crippen LogP contribution in [-0.4, -0.2) is 27.5 Å². The van der Waals surface area contributed by atoms with Gasteiger partial charge in [-0.2, -0.15) is 0 Å². The second kappa shape index (κ2) is 4.73.